The standard InChI is InChI=1S/C14H17NO2/c1-14(7-2-3-8-14)15-9-11-5-4-6-12-13(11)17-10-16-12/h2-6,15H,7-10H2,1H3. The van der Waals surface area contributed by atoms with Crippen molar-refractivity contribution >= 4 is 0 Å². The third-order valence-electron chi connectivity index (χ3n) is 3.49. The van der Waals surface area contributed by atoms with E-state index in [9.17, 15) is 0 Å². The number of hydrogen-bond donors (Lipinski definition) is 1. The molecule has 90 valence electrons. The highest BCUT2D eigenvalue weighted by Crippen LogP contribution is 2.35. The molecule has 1 aromatic carbocycles. The lowest BCUT2D eigenvalue weighted by atomic mass is 9.99. The van der Waals surface area contributed by atoms with Crippen LogP contribution in [0.1, 0.15) is 25.3 Å². The molecule has 2 aliphatic rings. The second-order valence-corrected chi connectivity index (χ2v) is 4.94. The van der Waals surface area contributed by atoms with E-state index < -0.39 is 0 Å². The van der Waals surface area contributed by atoms with Gasteiger partial charge in [-0.1, -0.05) is 24.3 Å². The monoisotopic (exact) mass is 231 g/mol. The average molecular weight is 231 g/mol. The van der Waals surface area contributed by atoms with E-state index in [0.717, 1.165) is 30.9 Å². The van der Waals surface area contributed by atoms with Gasteiger partial charge in [-0.15, -0.1) is 0 Å². The fourth-order valence-electron chi connectivity index (χ4n) is 2.35. The first-order valence-electron chi connectivity index (χ1n) is 6.04. The molecule has 3 rings (SSSR count). The molecule has 0 aromatic heterocycles. The van der Waals surface area contributed by atoms with E-state index in [4.69, 9.17) is 9.47 Å². The van der Waals surface area contributed by atoms with Crippen LogP contribution in [-0.2, 0) is 6.54 Å². The third-order valence-corrected chi connectivity index (χ3v) is 3.49. The predicted molar refractivity (Wildman–Crippen MR) is 66.2 cm³/mol. The fourth-order valence-corrected chi connectivity index (χ4v) is 2.35. The average Bonchev–Trinajstić information content (AvgIpc) is 2.95. The summed E-state index contributed by atoms with van der Waals surface area (Å²) >= 11 is 0. The van der Waals surface area contributed by atoms with Crippen LogP contribution < -0.4 is 14.8 Å². The first-order chi connectivity index (χ1) is 8.27. The maximum absolute atomic E-state index is 5.50. The van der Waals surface area contributed by atoms with Crippen molar-refractivity contribution in [3.63, 3.8) is 0 Å². The Morgan fingerprint density at radius 3 is 2.88 bits per heavy atom. The summed E-state index contributed by atoms with van der Waals surface area (Å²) < 4.78 is 10.9. The van der Waals surface area contributed by atoms with E-state index in [-0.39, 0.29) is 5.54 Å². The van der Waals surface area contributed by atoms with Crippen molar-refractivity contribution in [3.8, 4) is 11.5 Å². The molecule has 0 radical (unpaired) electrons. The van der Waals surface area contributed by atoms with Crippen molar-refractivity contribution in [1.29, 1.82) is 0 Å². The van der Waals surface area contributed by atoms with Gasteiger partial charge in [0, 0.05) is 17.6 Å². The molecule has 1 heterocycles. The van der Waals surface area contributed by atoms with Gasteiger partial charge in [0.25, 0.3) is 0 Å². The molecule has 0 atom stereocenters. The van der Waals surface area contributed by atoms with Crippen LogP contribution in [0.4, 0.5) is 0 Å². The highest BCUT2D eigenvalue weighted by atomic mass is 16.7. The van der Waals surface area contributed by atoms with E-state index in [1.54, 1.807) is 0 Å². The van der Waals surface area contributed by atoms with Gasteiger partial charge < -0.3 is 14.8 Å². The quantitative estimate of drug-likeness (QED) is 0.811. The fraction of sp³-hybridized carbons (Fsp3) is 0.429. The molecular formula is C14H17NO2. The second-order valence-electron chi connectivity index (χ2n) is 4.94. The van der Waals surface area contributed by atoms with Crippen LogP contribution in [0, 0.1) is 0 Å². The molecular weight excluding hydrogens is 214 g/mol. The Kier molecular flexibility index (Phi) is 2.56. The number of benzene rings is 1. The highest BCUT2D eigenvalue weighted by molar-refractivity contribution is 5.48. The van der Waals surface area contributed by atoms with Crippen LogP contribution in [0.2, 0.25) is 0 Å². The molecule has 17 heavy (non-hydrogen) atoms. The summed E-state index contributed by atoms with van der Waals surface area (Å²) in [5, 5.41) is 3.61. The molecule has 0 saturated heterocycles. The van der Waals surface area contributed by atoms with Gasteiger partial charge in [0.1, 0.15) is 0 Å². The van der Waals surface area contributed by atoms with Crippen molar-refractivity contribution in [1.82, 2.24) is 5.32 Å². The number of fused-ring (bicyclic) bond motifs is 1. The SMILES string of the molecule is CC1(NCc2cccc3c2OCO3)CC=CC1. The third kappa shape index (κ3) is 2.03. The van der Waals surface area contributed by atoms with Crippen LogP contribution >= 0.6 is 0 Å². The predicted octanol–water partition coefficient (Wildman–Crippen LogP) is 2.61. The molecule has 1 aliphatic carbocycles. The first-order valence-corrected chi connectivity index (χ1v) is 6.04. The molecule has 3 nitrogen and oxygen atoms in total. The van der Waals surface area contributed by atoms with Crippen LogP contribution in [0.3, 0.4) is 0 Å². The Labute approximate surface area is 101 Å². The molecule has 1 N–H and O–H groups in total. The van der Waals surface area contributed by atoms with Crippen molar-refractivity contribution in [2.75, 3.05) is 6.79 Å². The normalized spacial score (nSPS) is 19.8. The van der Waals surface area contributed by atoms with Crippen molar-refractivity contribution < 1.29 is 9.47 Å². The summed E-state index contributed by atoms with van der Waals surface area (Å²) in [5.74, 6) is 1.76. The molecule has 1 aliphatic heterocycles. The van der Waals surface area contributed by atoms with Crippen LogP contribution in [-0.4, -0.2) is 12.3 Å². The molecule has 0 bridgehead atoms. The van der Waals surface area contributed by atoms with Crippen molar-refractivity contribution in [2.45, 2.75) is 31.8 Å². The molecule has 0 unspecified atom stereocenters. The highest BCUT2D eigenvalue weighted by Gasteiger charge is 2.25. The van der Waals surface area contributed by atoms with Crippen LogP contribution in [0.5, 0.6) is 11.5 Å². The van der Waals surface area contributed by atoms with Gasteiger partial charge in [0.2, 0.25) is 6.79 Å². The minimum absolute atomic E-state index is 0.197. The molecule has 0 spiro atoms. The maximum Gasteiger partial charge on any atom is 0.231 e. The number of nitrogens with one attached hydrogen (secondary N) is 1. The van der Waals surface area contributed by atoms with Gasteiger partial charge in [0.15, 0.2) is 11.5 Å². The van der Waals surface area contributed by atoms with Gasteiger partial charge in [-0.2, -0.15) is 0 Å². The Morgan fingerprint density at radius 1 is 1.24 bits per heavy atom. The lowest BCUT2D eigenvalue weighted by Gasteiger charge is -2.25. The van der Waals surface area contributed by atoms with Gasteiger partial charge in [0.05, 0.1) is 0 Å². The summed E-state index contributed by atoms with van der Waals surface area (Å²) in [5.41, 5.74) is 1.37. The summed E-state index contributed by atoms with van der Waals surface area (Å²) in [7, 11) is 0. The molecule has 1 aromatic rings. The molecule has 3 heteroatoms. The van der Waals surface area contributed by atoms with E-state index in [2.05, 4.69) is 30.5 Å². The summed E-state index contributed by atoms with van der Waals surface area (Å²) in [4.78, 5) is 0. The number of para-hydroxylation sites is 1. The van der Waals surface area contributed by atoms with Crippen molar-refractivity contribution in [3.05, 3.63) is 35.9 Å². The van der Waals surface area contributed by atoms with Gasteiger partial charge in [-0.25, -0.2) is 0 Å². The lowest BCUT2D eigenvalue weighted by molar-refractivity contribution is 0.173. The second kappa shape index (κ2) is 4.08. The van der Waals surface area contributed by atoms with E-state index in [0.29, 0.717) is 6.79 Å². The number of ether oxygens (including phenoxy) is 2. The number of rotatable bonds is 3. The Bertz CT molecular complexity index is 446. The summed E-state index contributed by atoms with van der Waals surface area (Å²) in [6.45, 7) is 3.42. The minimum Gasteiger partial charge on any atom is -0.454 e. The van der Waals surface area contributed by atoms with Gasteiger partial charge in [-0.05, 0) is 25.8 Å². The summed E-state index contributed by atoms with van der Waals surface area (Å²) in [6.07, 6.45) is 6.67. The Hall–Kier alpha value is -1.48. The van der Waals surface area contributed by atoms with Crippen molar-refractivity contribution in [2.24, 2.45) is 0 Å². The Balaban J connectivity index is 1.71. The zero-order valence-electron chi connectivity index (χ0n) is 10.0. The topological polar surface area (TPSA) is 30.5 Å². The van der Waals surface area contributed by atoms with E-state index >= 15 is 0 Å². The minimum atomic E-state index is 0.197. The number of hydrogen-bond acceptors (Lipinski definition) is 3. The zero-order valence-corrected chi connectivity index (χ0v) is 10.0. The molecule has 0 fully saturated rings. The maximum atomic E-state index is 5.50. The Morgan fingerprint density at radius 2 is 2.06 bits per heavy atom. The molecule has 0 saturated carbocycles. The van der Waals surface area contributed by atoms with Crippen LogP contribution in [0.25, 0.3) is 0 Å². The molecule has 0 amide bonds. The largest absolute Gasteiger partial charge is 0.454 e. The van der Waals surface area contributed by atoms with Gasteiger partial charge in [-0.3, -0.25) is 0 Å². The van der Waals surface area contributed by atoms with Gasteiger partial charge >= 0.3 is 0 Å². The lowest BCUT2D eigenvalue weighted by Crippen LogP contribution is -2.39. The smallest absolute Gasteiger partial charge is 0.231 e. The van der Waals surface area contributed by atoms with E-state index in [1.807, 2.05) is 12.1 Å². The first kappa shape index (κ1) is 10.7. The van der Waals surface area contributed by atoms with E-state index in [1.165, 1.54) is 5.56 Å². The van der Waals surface area contributed by atoms with Crippen LogP contribution in [0.15, 0.2) is 30.4 Å². The zero-order chi connectivity index (χ0) is 11.7. The summed E-state index contributed by atoms with van der Waals surface area (Å²) in [6, 6.07) is 6.05.